The van der Waals surface area contributed by atoms with Gasteiger partial charge in [-0.05, 0) is 6.42 Å². The Morgan fingerprint density at radius 1 is 1.38 bits per heavy atom. The second-order valence-electron chi connectivity index (χ2n) is 3.15. The Balaban J connectivity index is 3.67. The molecule has 0 saturated heterocycles. The maximum absolute atomic E-state index is 11.7. The minimum atomic E-state index is -4.19. The van der Waals surface area contributed by atoms with Crippen molar-refractivity contribution >= 4 is 0 Å². The van der Waals surface area contributed by atoms with Crippen LogP contribution in [0.1, 0.15) is 19.8 Å². The van der Waals surface area contributed by atoms with E-state index in [1.165, 1.54) is 7.11 Å². The number of alkyl halides is 3. The Morgan fingerprint density at radius 2 is 1.92 bits per heavy atom. The maximum atomic E-state index is 11.7. The summed E-state index contributed by atoms with van der Waals surface area (Å²) in [5.41, 5.74) is 0. The zero-order valence-corrected chi connectivity index (χ0v) is 7.77. The first kappa shape index (κ1) is 12.7. The van der Waals surface area contributed by atoms with Gasteiger partial charge in [-0.2, -0.15) is 13.2 Å². The van der Waals surface area contributed by atoms with Crippen LogP contribution in [0.15, 0.2) is 0 Å². The van der Waals surface area contributed by atoms with Crippen molar-refractivity contribution in [2.24, 2.45) is 5.92 Å². The van der Waals surface area contributed by atoms with Crippen molar-refractivity contribution in [2.45, 2.75) is 32.0 Å². The summed E-state index contributed by atoms with van der Waals surface area (Å²) >= 11 is 0. The van der Waals surface area contributed by atoms with Crippen LogP contribution in [-0.4, -0.2) is 31.1 Å². The van der Waals surface area contributed by atoms with E-state index in [2.05, 4.69) is 0 Å². The van der Waals surface area contributed by atoms with Gasteiger partial charge in [0.2, 0.25) is 0 Å². The molecule has 0 aliphatic carbocycles. The highest BCUT2D eigenvalue weighted by Gasteiger charge is 2.29. The normalized spacial score (nSPS) is 17.1. The van der Waals surface area contributed by atoms with Crippen LogP contribution in [-0.2, 0) is 4.74 Å². The van der Waals surface area contributed by atoms with E-state index in [4.69, 9.17) is 4.74 Å². The average molecular weight is 200 g/mol. The van der Waals surface area contributed by atoms with Crippen LogP contribution in [0.3, 0.4) is 0 Å². The first-order valence-corrected chi connectivity index (χ1v) is 4.10. The fourth-order valence-corrected chi connectivity index (χ4v) is 0.970. The van der Waals surface area contributed by atoms with Gasteiger partial charge in [0.15, 0.2) is 0 Å². The van der Waals surface area contributed by atoms with Crippen molar-refractivity contribution in [3.05, 3.63) is 0 Å². The molecule has 1 N–H and O–H groups in total. The van der Waals surface area contributed by atoms with E-state index in [0.29, 0.717) is 0 Å². The van der Waals surface area contributed by atoms with Gasteiger partial charge in [-0.15, -0.1) is 0 Å². The van der Waals surface area contributed by atoms with Gasteiger partial charge >= 0.3 is 6.18 Å². The molecule has 2 nitrogen and oxygen atoms in total. The van der Waals surface area contributed by atoms with Crippen LogP contribution in [0.25, 0.3) is 0 Å². The largest absolute Gasteiger partial charge is 0.393 e. The third-order valence-corrected chi connectivity index (χ3v) is 1.81. The van der Waals surface area contributed by atoms with Gasteiger partial charge in [0, 0.05) is 19.4 Å². The molecule has 2 atom stereocenters. The van der Waals surface area contributed by atoms with Gasteiger partial charge in [-0.3, -0.25) is 0 Å². The van der Waals surface area contributed by atoms with Crippen LogP contribution in [0.2, 0.25) is 0 Å². The van der Waals surface area contributed by atoms with E-state index in [9.17, 15) is 18.3 Å². The fraction of sp³-hybridized carbons (Fsp3) is 1.00. The summed E-state index contributed by atoms with van der Waals surface area (Å²) < 4.78 is 39.9. The minimum absolute atomic E-state index is 0.256. The van der Waals surface area contributed by atoms with Gasteiger partial charge in [0.05, 0.1) is 12.7 Å². The highest BCUT2D eigenvalue weighted by atomic mass is 19.4. The highest BCUT2D eigenvalue weighted by molar-refractivity contribution is 4.66. The van der Waals surface area contributed by atoms with E-state index < -0.39 is 18.7 Å². The molecule has 0 amide bonds. The summed E-state index contributed by atoms with van der Waals surface area (Å²) in [4.78, 5) is 0. The van der Waals surface area contributed by atoms with Crippen molar-refractivity contribution in [1.29, 1.82) is 0 Å². The quantitative estimate of drug-likeness (QED) is 0.735. The summed E-state index contributed by atoms with van der Waals surface area (Å²) in [6, 6.07) is 0. The summed E-state index contributed by atoms with van der Waals surface area (Å²) in [5, 5.41) is 9.23. The molecule has 0 saturated carbocycles. The van der Waals surface area contributed by atoms with E-state index in [1.807, 2.05) is 0 Å². The molecule has 0 bridgehead atoms. The first-order chi connectivity index (χ1) is 5.87. The molecule has 0 aromatic heterocycles. The molecular weight excluding hydrogens is 185 g/mol. The number of halogens is 3. The molecule has 0 radical (unpaired) electrons. The molecule has 0 aromatic carbocycles. The number of aliphatic hydroxyl groups is 1. The second kappa shape index (κ2) is 5.44. The van der Waals surface area contributed by atoms with E-state index >= 15 is 0 Å². The van der Waals surface area contributed by atoms with E-state index in [-0.39, 0.29) is 18.9 Å². The van der Waals surface area contributed by atoms with Crippen LogP contribution in [0, 0.1) is 5.92 Å². The minimum Gasteiger partial charge on any atom is -0.393 e. The molecular formula is C8H15F3O2. The predicted octanol–water partition coefficient (Wildman–Crippen LogP) is 1.97. The molecule has 13 heavy (non-hydrogen) atoms. The van der Waals surface area contributed by atoms with E-state index in [1.54, 1.807) is 6.92 Å². The van der Waals surface area contributed by atoms with Crippen LogP contribution in [0.4, 0.5) is 13.2 Å². The Morgan fingerprint density at radius 3 is 2.31 bits per heavy atom. The molecule has 2 unspecified atom stereocenters. The molecule has 0 spiro atoms. The lowest BCUT2D eigenvalue weighted by molar-refractivity contribution is -0.141. The van der Waals surface area contributed by atoms with Crippen molar-refractivity contribution in [3.8, 4) is 0 Å². The number of ether oxygens (including phenoxy) is 1. The Kier molecular flexibility index (Phi) is 5.32. The predicted molar refractivity (Wildman–Crippen MR) is 42.3 cm³/mol. The van der Waals surface area contributed by atoms with Crippen molar-refractivity contribution in [2.75, 3.05) is 13.7 Å². The summed E-state index contributed by atoms with van der Waals surface area (Å²) in [6.45, 7) is 1.93. The molecule has 0 aromatic rings. The highest BCUT2D eigenvalue weighted by Crippen LogP contribution is 2.23. The lowest BCUT2D eigenvalue weighted by Gasteiger charge is -2.18. The van der Waals surface area contributed by atoms with Crippen LogP contribution in [0.5, 0.6) is 0 Å². The maximum Gasteiger partial charge on any atom is 0.389 e. The van der Waals surface area contributed by atoms with Crippen molar-refractivity contribution in [1.82, 2.24) is 0 Å². The van der Waals surface area contributed by atoms with E-state index in [0.717, 1.165) is 0 Å². The van der Waals surface area contributed by atoms with Crippen molar-refractivity contribution < 1.29 is 23.0 Å². The molecule has 0 fully saturated rings. The zero-order valence-electron chi connectivity index (χ0n) is 7.77. The molecule has 0 aliphatic rings. The standard InChI is InChI=1S/C8H15F3O2/c1-6(5-13-2)7(12)3-4-8(9,10)11/h6-7,12H,3-5H2,1-2H3. The van der Waals surface area contributed by atoms with Gasteiger partial charge in [-0.1, -0.05) is 6.92 Å². The molecule has 5 heteroatoms. The molecule has 80 valence electrons. The SMILES string of the molecule is COCC(C)C(O)CCC(F)(F)F. The fourth-order valence-electron chi connectivity index (χ4n) is 0.970. The molecule has 0 heterocycles. The average Bonchev–Trinajstić information content (AvgIpc) is 1.99. The number of hydrogen-bond donors (Lipinski definition) is 1. The third-order valence-electron chi connectivity index (χ3n) is 1.81. The lowest BCUT2D eigenvalue weighted by Crippen LogP contribution is -2.24. The third kappa shape index (κ3) is 6.83. The Hall–Kier alpha value is -0.290. The smallest absolute Gasteiger partial charge is 0.389 e. The van der Waals surface area contributed by atoms with Gasteiger partial charge in [-0.25, -0.2) is 0 Å². The van der Waals surface area contributed by atoms with Gasteiger partial charge in [0.25, 0.3) is 0 Å². The lowest BCUT2D eigenvalue weighted by atomic mass is 10.0. The number of hydrogen-bond acceptors (Lipinski definition) is 2. The van der Waals surface area contributed by atoms with Gasteiger partial charge < -0.3 is 9.84 Å². The second-order valence-corrected chi connectivity index (χ2v) is 3.15. The Bertz CT molecular complexity index is 136. The van der Waals surface area contributed by atoms with Gasteiger partial charge in [0.1, 0.15) is 0 Å². The molecule has 0 rings (SSSR count). The number of methoxy groups -OCH3 is 1. The number of rotatable bonds is 5. The monoisotopic (exact) mass is 200 g/mol. The van der Waals surface area contributed by atoms with Crippen LogP contribution < -0.4 is 0 Å². The molecule has 0 aliphatic heterocycles. The topological polar surface area (TPSA) is 29.5 Å². The summed E-state index contributed by atoms with van der Waals surface area (Å²) in [6.07, 6.45) is -6.33. The number of aliphatic hydroxyl groups excluding tert-OH is 1. The Labute approximate surface area is 75.7 Å². The van der Waals surface area contributed by atoms with Crippen molar-refractivity contribution in [3.63, 3.8) is 0 Å². The summed E-state index contributed by atoms with van der Waals surface area (Å²) in [7, 11) is 1.45. The first-order valence-electron chi connectivity index (χ1n) is 4.10. The van der Waals surface area contributed by atoms with Crippen LogP contribution >= 0.6 is 0 Å². The zero-order chi connectivity index (χ0) is 10.5. The summed E-state index contributed by atoms with van der Waals surface area (Å²) in [5.74, 6) is -0.257.